The van der Waals surface area contributed by atoms with Gasteiger partial charge in [0.2, 0.25) is 5.91 Å². The lowest BCUT2D eigenvalue weighted by Gasteiger charge is -2.24. The second kappa shape index (κ2) is 5.65. The molecule has 0 bridgehead atoms. The van der Waals surface area contributed by atoms with Crippen LogP contribution < -0.4 is 11.1 Å². The van der Waals surface area contributed by atoms with Crippen molar-refractivity contribution in [2.45, 2.75) is 44.3 Å². The van der Waals surface area contributed by atoms with Gasteiger partial charge in [-0.15, -0.1) is 0 Å². The average Bonchev–Trinajstić information content (AvgIpc) is 3.16. The van der Waals surface area contributed by atoms with Crippen molar-refractivity contribution in [1.29, 1.82) is 0 Å². The standard InChI is InChI=1S/C16H20BrN5O3/c1-16(2)24-11-7(15(23)19-3)4-9(12(11)25-16)22-5-8(17)10-13(18)20-6-21-14(10)22/h5-7,9,11-12H,4H2,1-3H3,(H,19,23)(H2,18,20,21)/t7-,9+,11+,12-/m0/s1. The van der Waals surface area contributed by atoms with Crippen LogP contribution in [0.4, 0.5) is 5.82 Å². The van der Waals surface area contributed by atoms with Crippen molar-refractivity contribution in [3.63, 3.8) is 0 Å². The number of hydrogen-bond donors (Lipinski definition) is 2. The summed E-state index contributed by atoms with van der Waals surface area (Å²) >= 11 is 3.54. The Labute approximate surface area is 153 Å². The number of nitrogens with two attached hydrogens (primary N) is 1. The Morgan fingerprint density at radius 3 is 2.84 bits per heavy atom. The molecule has 2 aliphatic rings. The maximum atomic E-state index is 12.4. The molecule has 0 aromatic carbocycles. The molecule has 1 aliphatic heterocycles. The van der Waals surface area contributed by atoms with Gasteiger partial charge in [-0.25, -0.2) is 9.97 Å². The summed E-state index contributed by atoms with van der Waals surface area (Å²) in [6.07, 6.45) is 3.44. The number of carbonyl (C=O) groups is 1. The van der Waals surface area contributed by atoms with E-state index in [1.54, 1.807) is 7.05 Å². The van der Waals surface area contributed by atoms with Gasteiger partial charge in [0.15, 0.2) is 5.79 Å². The maximum absolute atomic E-state index is 12.4. The number of amides is 1. The number of fused-ring (bicyclic) bond motifs is 2. The topological polar surface area (TPSA) is 104 Å². The van der Waals surface area contributed by atoms with Crippen LogP contribution in [0.2, 0.25) is 0 Å². The predicted molar refractivity (Wildman–Crippen MR) is 94.7 cm³/mol. The van der Waals surface area contributed by atoms with E-state index in [-0.39, 0.29) is 30.1 Å². The zero-order valence-electron chi connectivity index (χ0n) is 14.2. The van der Waals surface area contributed by atoms with E-state index in [1.165, 1.54) is 6.33 Å². The number of ether oxygens (including phenoxy) is 2. The monoisotopic (exact) mass is 409 g/mol. The highest BCUT2D eigenvalue weighted by atomic mass is 79.9. The fourth-order valence-corrected chi connectivity index (χ4v) is 4.58. The molecule has 0 radical (unpaired) electrons. The average molecular weight is 410 g/mol. The van der Waals surface area contributed by atoms with Gasteiger partial charge in [-0.1, -0.05) is 0 Å². The van der Waals surface area contributed by atoms with E-state index in [0.29, 0.717) is 17.9 Å². The normalized spacial score (nSPS) is 30.6. The first-order valence-corrected chi connectivity index (χ1v) is 8.95. The van der Waals surface area contributed by atoms with Crippen molar-refractivity contribution >= 4 is 38.7 Å². The zero-order valence-corrected chi connectivity index (χ0v) is 15.8. The molecule has 8 nitrogen and oxygen atoms in total. The van der Waals surface area contributed by atoms with Crippen LogP contribution in [0, 0.1) is 5.92 Å². The molecule has 4 atom stereocenters. The number of nitrogens with one attached hydrogen (secondary N) is 1. The highest BCUT2D eigenvalue weighted by Gasteiger charge is 2.56. The third-order valence-electron chi connectivity index (χ3n) is 4.97. The molecule has 2 aromatic rings. The minimum Gasteiger partial charge on any atom is -0.383 e. The van der Waals surface area contributed by atoms with E-state index in [0.717, 1.165) is 9.86 Å². The fourth-order valence-electron chi connectivity index (χ4n) is 3.98. The molecular formula is C16H20BrN5O3. The first-order chi connectivity index (χ1) is 11.8. The Balaban J connectivity index is 1.80. The molecule has 1 amide bonds. The third kappa shape index (κ3) is 2.52. The largest absolute Gasteiger partial charge is 0.383 e. The molecule has 4 rings (SSSR count). The van der Waals surface area contributed by atoms with Crippen LogP contribution >= 0.6 is 15.9 Å². The summed E-state index contributed by atoms with van der Waals surface area (Å²) in [6, 6.07) is -0.0859. The number of nitrogen functional groups attached to an aromatic ring is 1. The van der Waals surface area contributed by atoms with Gasteiger partial charge in [-0.2, -0.15) is 0 Å². The number of nitrogens with zero attached hydrogens (tertiary/aromatic N) is 3. The molecule has 3 heterocycles. The van der Waals surface area contributed by atoms with Crippen LogP contribution in [0.5, 0.6) is 0 Å². The van der Waals surface area contributed by atoms with Gasteiger partial charge in [-0.3, -0.25) is 4.79 Å². The molecule has 1 saturated carbocycles. The van der Waals surface area contributed by atoms with Crippen molar-refractivity contribution in [1.82, 2.24) is 19.9 Å². The van der Waals surface area contributed by atoms with Crippen LogP contribution in [0.15, 0.2) is 17.0 Å². The Morgan fingerprint density at radius 1 is 1.40 bits per heavy atom. The lowest BCUT2D eigenvalue weighted by atomic mass is 10.0. The quantitative estimate of drug-likeness (QED) is 0.780. The molecule has 134 valence electrons. The first-order valence-electron chi connectivity index (χ1n) is 8.16. The van der Waals surface area contributed by atoms with E-state index in [9.17, 15) is 4.79 Å². The number of anilines is 1. The van der Waals surface area contributed by atoms with Crippen LogP contribution in [0.25, 0.3) is 11.0 Å². The molecule has 25 heavy (non-hydrogen) atoms. The lowest BCUT2D eigenvalue weighted by Crippen LogP contribution is -2.36. The first kappa shape index (κ1) is 16.7. The van der Waals surface area contributed by atoms with E-state index < -0.39 is 5.79 Å². The summed E-state index contributed by atoms with van der Waals surface area (Å²) in [6.45, 7) is 3.74. The second-order valence-corrected chi connectivity index (χ2v) is 7.78. The Kier molecular flexibility index (Phi) is 3.78. The smallest absolute Gasteiger partial charge is 0.225 e. The molecule has 2 fully saturated rings. The van der Waals surface area contributed by atoms with Gasteiger partial charge >= 0.3 is 0 Å². The van der Waals surface area contributed by atoms with Gasteiger partial charge in [-0.05, 0) is 36.2 Å². The number of rotatable bonds is 2. The molecule has 1 aliphatic carbocycles. The molecule has 3 N–H and O–H groups in total. The van der Waals surface area contributed by atoms with Crippen molar-refractivity contribution in [3.8, 4) is 0 Å². The van der Waals surface area contributed by atoms with E-state index >= 15 is 0 Å². The summed E-state index contributed by atoms with van der Waals surface area (Å²) in [5.74, 6) is -0.633. The van der Waals surface area contributed by atoms with Crippen LogP contribution in [0.1, 0.15) is 26.3 Å². The number of aromatic nitrogens is 3. The lowest BCUT2D eigenvalue weighted by molar-refractivity contribution is -0.163. The molecule has 0 spiro atoms. The molecule has 1 saturated heterocycles. The van der Waals surface area contributed by atoms with Crippen LogP contribution in [-0.2, 0) is 14.3 Å². The Bertz CT molecular complexity index is 852. The number of carbonyl (C=O) groups excluding carboxylic acids is 1. The summed E-state index contributed by atoms with van der Waals surface area (Å²) < 4.78 is 15.0. The van der Waals surface area contributed by atoms with Crippen molar-refractivity contribution in [3.05, 3.63) is 17.0 Å². The molecular weight excluding hydrogens is 390 g/mol. The summed E-state index contributed by atoms with van der Waals surface area (Å²) in [5, 5.41) is 3.50. The van der Waals surface area contributed by atoms with E-state index in [2.05, 4.69) is 31.2 Å². The SMILES string of the molecule is CNC(=O)[C@H]1C[C@@H](n2cc(Br)c3c(N)ncnc32)[C@@H]2OC(C)(C)O[C@@H]21. The van der Waals surface area contributed by atoms with Gasteiger partial charge < -0.3 is 25.1 Å². The van der Waals surface area contributed by atoms with E-state index in [4.69, 9.17) is 15.2 Å². The van der Waals surface area contributed by atoms with Crippen molar-refractivity contribution in [2.24, 2.45) is 5.92 Å². The molecule has 2 aromatic heterocycles. The minimum absolute atomic E-state index is 0.0385. The summed E-state index contributed by atoms with van der Waals surface area (Å²) in [7, 11) is 1.64. The summed E-state index contributed by atoms with van der Waals surface area (Å²) in [4.78, 5) is 20.8. The highest BCUT2D eigenvalue weighted by Crippen LogP contribution is 2.48. The highest BCUT2D eigenvalue weighted by molar-refractivity contribution is 9.10. The predicted octanol–water partition coefficient (Wildman–Crippen LogP) is 1.60. The number of halogens is 1. The molecule has 9 heteroatoms. The Hall–Kier alpha value is -1.71. The van der Waals surface area contributed by atoms with Gasteiger partial charge in [0, 0.05) is 17.7 Å². The van der Waals surface area contributed by atoms with Crippen molar-refractivity contribution < 1.29 is 14.3 Å². The zero-order chi connectivity index (χ0) is 17.9. The number of hydrogen-bond acceptors (Lipinski definition) is 6. The van der Waals surface area contributed by atoms with Gasteiger partial charge in [0.25, 0.3) is 0 Å². The Morgan fingerprint density at radius 2 is 2.12 bits per heavy atom. The summed E-state index contributed by atoms with van der Waals surface area (Å²) in [5.41, 5.74) is 6.72. The minimum atomic E-state index is -0.728. The fraction of sp³-hybridized carbons (Fsp3) is 0.562. The van der Waals surface area contributed by atoms with E-state index in [1.807, 2.05) is 24.6 Å². The van der Waals surface area contributed by atoms with Crippen LogP contribution in [-0.4, -0.2) is 45.5 Å². The van der Waals surface area contributed by atoms with Crippen LogP contribution in [0.3, 0.4) is 0 Å². The van der Waals surface area contributed by atoms with Crippen molar-refractivity contribution in [2.75, 3.05) is 12.8 Å². The van der Waals surface area contributed by atoms with Gasteiger partial charge in [0.1, 0.15) is 30.0 Å². The molecule has 0 unspecified atom stereocenters. The third-order valence-corrected chi connectivity index (χ3v) is 5.57. The second-order valence-electron chi connectivity index (χ2n) is 6.93. The van der Waals surface area contributed by atoms with Gasteiger partial charge in [0.05, 0.1) is 17.3 Å². The maximum Gasteiger partial charge on any atom is 0.225 e.